The molecule has 0 amide bonds. The van der Waals surface area contributed by atoms with Gasteiger partial charge in [-0.05, 0) is 13.3 Å². The Balaban J connectivity index is 3.77. The largest absolute Gasteiger partial charge is 0.459 e. The molecule has 0 aliphatic rings. The molecule has 0 aromatic carbocycles. The maximum atomic E-state index is 11.2. The maximum Gasteiger partial charge on any atom is 0.323 e. The molecule has 0 bridgehead atoms. The molecule has 13 heavy (non-hydrogen) atoms. The third-order valence-electron chi connectivity index (χ3n) is 1.44. The van der Waals surface area contributed by atoms with E-state index in [1.807, 2.05) is 0 Å². The Kier molecular flexibility index (Phi) is 6.18. The Morgan fingerprint density at radius 2 is 2.31 bits per heavy atom. The second-order valence-corrected chi connectivity index (χ2v) is 2.83. The average molecular weight is 187 g/mol. The van der Waals surface area contributed by atoms with Crippen molar-refractivity contribution in [2.75, 3.05) is 13.7 Å². The van der Waals surface area contributed by atoms with Gasteiger partial charge < -0.3 is 15.2 Å². The van der Waals surface area contributed by atoms with Gasteiger partial charge in [-0.25, -0.2) is 0 Å². The van der Waals surface area contributed by atoms with Crippen LogP contribution in [-0.2, 0) is 14.3 Å². The molecule has 2 atom stereocenters. The van der Waals surface area contributed by atoms with Gasteiger partial charge in [0.15, 0.2) is 0 Å². The zero-order chi connectivity index (χ0) is 10.3. The van der Waals surface area contributed by atoms with Crippen LogP contribution in [0.4, 0.5) is 0 Å². The molecule has 0 fully saturated rings. The van der Waals surface area contributed by atoms with Gasteiger partial charge in [0.25, 0.3) is 0 Å². The summed E-state index contributed by atoms with van der Waals surface area (Å²) >= 11 is 0. The number of carbonyl (C=O) groups excluding carboxylic acids is 1. The van der Waals surface area contributed by atoms with Crippen molar-refractivity contribution in [3.05, 3.63) is 12.7 Å². The van der Waals surface area contributed by atoms with Gasteiger partial charge in [-0.1, -0.05) is 6.08 Å². The van der Waals surface area contributed by atoms with Crippen molar-refractivity contribution in [1.29, 1.82) is 0 Å². The van der Waals surface area contributed by atoms with Crippen molar-refractivity contribution < 1.29 is 14.3 Å². The first kappa shape index (κ1) is 12.1. The molecule has 4 nitrogen and oxygen atoms in total. The lowest BCUT2D eigenvalue weighted by molar-refractivity contribution is -0.152. The number of hydrogen-bond acceptors (Lipinski definition) is 4. The molecular formula is C9H17NO3. The van der Waals surface area contributed by atoms with Crippen molar-refractivity contribution >= 4 is 5.97 Å². The number of ether oxygens (including phenoxy) is 2. The molecule has 76 valence electrons. The van der Waals surface area contributed by atoms with Crippen molar-refractivity contribution in [3.63, 3.8) is 0 Å². The summed E-state index contributed by atoms with van der Waals surface area (Å²) in [7, 11) is 1.55. The summed E-state index contributed by atoms with van der Waals surface area (Å²) in [5.74, 6) is -0.413. The highest BCUT2D eigenvalue weighted by molar-refractivity contribution is 5.75. The molecule has 2 unspecified atom stereocenters. The fraction of sp³-hybridized carbons (Fsp3) is 0.667. The summed E-state index contributed by atoms with van der Waals surface area (Å²) in [4.78, 5) is 11.2. The number of hydrogen-bond donors (Lipinski definition) is 1. The van der Waals surface area contributed by atoms with Crippen molar-refractivity contribution in [2.24, 2.45) is 5.73 Å². The number of methoxy groups -OCH3 is 1. The van der Waals surface area contributed by atoms with Crippen LogP contribution >= 0.6 is 0 Å². The van der Waals surface area contributed by atoms with Gasteiger partial charge in [-0.3, -0.25) is 4.79 Å². The fourth-order valence-corrected chi connectivity index (χ4v) is 0.830. The lowest BCUT2D eigenvalue weighted by Gasteiger charge is -2.14. The van der Waals surface area contributed by atoms with Crippen LogP contribution < -0.4 is 5.73 Å². The fourth-order valence-electron chi connectivity index (χ4n) is 0.830. The first-order valence-corrected chi connectivity index (χ1v) is 4.17. The van der Waals surface area contributed by atoms with Crippen LogP contribution in [0.2, 0.25) is 0 Å². The number of nitrogens with two attached hydrogens (primary N) is 1. The van der Waals surface area contributed by atoms with E-state index in [0.29, 0.717) is 13.0 Å². The third kappa shape index (κ3) is 5.38. The van der Waals surface area contributed by atoms with E-state index in [2.05, 4.69) is 6.58 Å². The molecule has 0 rings (SSSR count). The monoisotopic (exact) mass is 187 g/mol. The molecule has 0 heterocycles. The molecule has 4 heteroatoms. The van der Waals surface area contributed by atoms with Gasteiger partial charge >= 0.3 is 5.97 Å². The van der Waals surface area contributed by atoms with E-state index in [0.717, 1.165) is 0 Å². The molecule has 0 radical (unpaired) electrons. The Labute approximate surface area is 78.7 Å². The molecule has 0 spiro atoms. The van der Waals surface area contributed by atoms with Crippen LogP contribution in [-0.4, -0.2) is 31.8 Å². The minimum Gasteiger partial charge on any atom is -0.459 e. The molecule has 0 aliphatic heterocycles. The number of rotatable bonds is 6. The lowest BCUT2D eigenvalue weighted by Crippen LogP contribution is -2.34. The maximum absolute atomic E-state index is 11.2. The van der Waals surface area contributed by atoms with Gasteiger partial charge in [0.2, 0.25) is 0 Å². The molecule has 0 saturated heterocycles. The summed E-state index contributed by atoms with van der Waals surface area (Å²) in [5.41, 5.74) is 5.49. The number of carbonyl (C=O) groups is 1. The predicted octanol–water partition coefficient (Wildman–Crippen LogP) is 0.468. The zero-order valence-electron chi connectivity index (χ0n) is 8.16. The average Bonchev–Trinajstić information content (AvgIpc) is 2.05. The topological polar surface area (TPSA) is 61.6 Å². The van der Waals surface area contributed by atoms with Crippen molar-refractivity contribution in [2.45, 2.75) is 25.5 Å². The van der Waals surface area contributed by atoms with E-state index >= 15 is 0 Å². The zero-order valence-corrected chi connectivity index (χ0v) is 8.16. The molecular weight excluding hydrogens is 170 g/mol. The van der Waals surface area contributed by atoms with Gasteiger partial charge in [0.1, 0.15) is 12.1 Å². The second-order valence-electron chi connectivity index (χ2n) is 2.83. The van der Waals surface area contributed by atoms with E-state index in [-0.39, 0.29) is 6.10 Å². The Morgan fingerprint density at radius 1 is 1.69 bits per heavy atom. The minimum absolute atomic E-state index is 0.256. The predicted molar refractivity (Wildman–Crippen MR) is 50.2 cm³/mol. The second kappa shape index (κ2) is 6.62. The van der Waals surface area contributed by atoms with E-state index in [1.54, 1.807) is 20.1 Å². The van der Waals surface area contributed by atoms with Crippen LogP contribution in [0.25, 0.3) is 0 Å². The van der Waals surface area contributed by atoms with Crippen molar-refractivity contribution in [1.82, 2.24) is 0 Å². The van der Waals surface area contributed by atoms with Crippen LogP contribution in [0.1, 0.15) is 13.3 Å². The molecule has 2 N–H and O–H groups in total. The summed E-state index contributed by atoms with van der Waals surface area (Å²) in [5, 5.41) is 0. The van der Waals surface area contributed by atoms with E-state index in [9.17, 15) is 4.79 Å². The molecule has 0 saturated carbocycles. The molecule has 0 aromatic rings. The smallest absolute Gasteiger partial charge is 0.323 e. The number of esters is 1. The van der Waals surface area contributed by atoms with Gasteiger partial charge in [-0.2, -0.15) is 0 Å². The standard InChI is InChI=1S/C9H17NO3/c1-4-5-8(10)9(11)13-7(2)6-12-3/h4,7-8H,1,5-6,10H2,2-3H3. The highest BCUT2D eigenvalue weighted by Gasteiger charge is 2.16. The van der Waals surface area contributed by atoms with Gasteiger partial charge in [0.05, 0.1) is 6.61 Å². The minimum atomic E-state index is -0.614. The lowest BCUT2D eigenvalue weighted by atomic mass is 10.2. The van der Waals surface area contributed by atoms with Crippen molar-refractivity contribution in [3.8, 4) is 0 Å². The molecule has 0 aromatic heterocycles. The summed E-state index contributed by atoms with van der Waals surface area (Å²) in [6, 6.07) is -0.614. The van der Waals surface area contributed by atoms with Crippen LogP contribution in [0, 0.1) is 0 Å². The molecule has 0 aliphatic carbocycles. The quantitative estimate of drug-likeness (QED) is 0.485. The highest BCUT2D eigenvalue weighted by atomic mass is 16.6. The highest BCUT2D eigenvalue weighted by Crippen LogP contribution is 1.97. The Bertz CT molecular complexity index is 170. The van der Waals surface area contributed by atoms with Crippen LogP contribution in [0.3, 0.4) is 0 Å². The van der Waals surface area contributed by atoms with Crippen LogP contribution in [0.5, 0.6) is 0 Å². The summed E-state index contributed by atoms with van der Waals surface area (Å²) in [6.07, 6.45) is 1.76. The normalized spacial score (nSPS) is 14.7. The van der Waals surface area contributed by atoms with E-state index in [4.69, 9.17) is 15.2 Å². The third-order valence-corrected chi connectivity index (χ3v) is 1.44. The summed E-state index contributed by atoms with van der Waals surface area (Å²) < 4.78 is 9.77. The van der Waals surface area contributed by atoms with E-state index < -0.39 is 12.0 Å². The Hall–Kier alpha value is -0.870. The van der Waals surface area contributed by atoms with Crippen LogP contribution in [0.15, 0.2) is 12.7 Å². The van der Waals surface area contributed by atoms with Gasteiger partial charge in [0, 0.05) is 7.11 Å². The first-order valence-electron chi connectivity index (χ1n) is 4.17. The van der Waals surface area contributed by atoms with E-state index in [1.165, 1.54) is 0 Å². The SMILES string of the molecule is C=CCC(N)C(=O)OC(C)COC. The first-order chi connectivity index (χ1) is 6.11. The Morgan fingerprint density at radius 3 is 2.77 bits per heavy atom. The summed E-state index contributed by atoms with van der Waals surface area (Å²) in [6.45, 7) is 5.62. The van der Waals surface area contributed by atoms with Gasteiger partial charge in [-0.15, -0.1) is 6.58 Å².